The van der Waals surface area contributed by atoms with Crippen molar-refractivity contribution in [3.63, 3.8) is 0 Å². The average Bonchev–Trinajstić information content (AvgIpc) is 2.73. The SMILES string of the molecule is [2H]c1c([2H])c(-c2ccc(CCC3CCC(CC)CC3)cc2)c([2H])c([2H])c1CC. The van der Waals surface area contributed by atoms with E-state index >= 15 is 0 Å². The van der Waals surface area contributed by atoms with Gasteiger partial charge in [-0.2, -0.15) is 0 Å². The predicted octanol–water partition coefficient (Wildman–Crippen LogP) is 7.07. The fraction of sp³-hybridized carbons (Fsp3) is 0.500. The smallest absolute Gasteiger partial charge is 0.0629 e. The lowest BCUT2D eigenvalue weighted by molar-refractivity contribution is 0.259. The fourth-order valence-electron chi connectivity index (χ4n) is 3.80. The van der Waals surface area contributed by atoms with Crippen molar-refractivity contribution in [3.05, 3.63) is 59.6 Å². The minimum atomic E-state index is 0.0679. The Hall–Kier alpha value is -1.56. The minimum absolute atomic E-state index is 0.0679. The minimum Gasteiger partial charge on any atom is -0.0651 e. The standard InChI is InChI=1S/C24H32/c1-3-19-5-7-21(8-6-19)9-10-22-13-17-24(18-14-22)23-15-11-20(4-2)12-16-23/h11-19,21H,3-10H2,1-2H3/i11D,12D,15D,16D. The van der Waals surface area contributed by atoms with Crippen LogP contribution >= 0.6 is 0 Å². The molecule has 2 aromatic carbocycles. The van der Waals surface area contributed by atoms with E-state index in [1.54, 1.807) is 0 Å². The summed E-state index contributed by atoms with van der Waals surface area (Å²) in [5.74, 6) is 1.79. The van der Waals surface area contributed by atoms with Crippen LogP contribution in [-0.2, 0) is 12.8 Å². The zero-order valence-electron chi connectivity index (χ0n) is 19.1. The van der Waals surface area contributed by atoms with Crippen LogP contribution in [0, 0.1) is 11.8 Å². The summed E-state index contributed by atoms with van der Waals surface area (Å²) in [7, 11) is 0. The third kappa shape index (κ3) is 4.50. The van der Waals surface area contributed by atoms with E-state index in [1.807, 2.05) is 19.1 Å². The van der Waals surface area contributed by atoms with Crippen molar-refractivity contribution in [1.29, 1.82) is 0 Å². The maximum absolute atomic E-state index is 8.32. The number of rotatable bonds is 6. The monoisotopic (exact) mass is 324 g/mol. The van der Waals surface area contributed by atoms with E-state index in [4.69, 9.17) is 5.48 Å². The van der Waals surface area contributed by atoms with Crippen LogP contribution in [0.4, 0.5) is 0 Å². The fourth-order valence-corrected chi connectivity index (χ4v) is 3.80. The van der Waals surface area contributed by atoms with Gasteiger partial charge in [-0.3, -0.25) is 0 Å². The van der Waals surface area contributed by atoms with Crippen LogP contribution in [0.5, 0.6) is 0 Å². The Kier molecular flexibility index (Phi) is 4.52. The molecule has 0 radical (unpaired) electrons. The lowest BCUT2D eigenvalue weighted by atomic mass is 9.78. The van der Waals surface area contributed by atoms with E-state index in [2.05, 4.69) is 19.1 Å². The molecule has 0 unspecified atom stereocenters. The van der Waals surface area contributed by atoms with Gasteiger partial charge >= 0.3 is 0 Å². The Balaban J connectivity index is 1.71. The van der Waals surface area contributed by atoms with Gasteiger partial charge in [0.2, 0.25) is 0 Å². The van der Waals surface area contributed by atoms with Crippen molar-refractivity contribution in [2.24, 2.45) is 11.8 Å². The van der Waals surface area contributed by atoms with Gasteiger partial charge in [0.25, 0.3) is 0 Å². The van der Waals surface area contributed by atoms with Crippen molar-refractivity contribution in [2.75, 3.05) is 0 Å². The molecule has 0 aromatic heterocycles. The van der Waals surface area contributed by atoms with E-state index < -0.39 is 0 Å². The maximum atomic E-state index is 8.32. The zero-order valence-corrected chi connectivity index (χ0v) is 15.1. The van der Waals surface area contributed by atoms with Crippen LogP contribution < -0.4 is 0 Å². The van der Waals surface area contributed by atoms with E-state index in [9.17, 15) is 0 Å². The predicted molar refractivity (Wildman–Crippen MR) is 105 cm³/mol. The molecular formula is C24H32. The normalized spacial score (nSPS) is 23.2. The summed E-state index contributed by atoms with van der Waals surface area (Å²) in [6.07, 6.45) is 9.65. The number of aryl methyl sites for hydroxylation is 1. The molecule has 0 heterocycles. The van der Waals surface area contributed by atoms with Crippen molar-refractivity contribution in [2.45, 2.75) is 65.2 Å². The first-order valence-electron chi connectivity index (χ1n) is 11.6. The Morgan fingerprint density at radius 1 is 0.792 bits per heavy atom. The van der Waals surface area contributed by atoms with Gasteiger partial charge in [0.15, 0.2) is 0 Å². The van der Waals surface area contributed by atoms with Crippen LogP contribution in [-0.4, -0.2) is 0 Å². The third-order valence-corrected chi connectivity index (χ3v) is 5.66. The van der Waals surface area contributed by atoms with Crippen LogP contribution in [0.15, 0.2) is 48.4 Å². The molecule has 1 aliphatic carbocycles. The third-order valence-electron chi connectivity index (χ3n) is 5.66. The van der Waals surface area contributed by atoms with Gasteiger partial charge in [0.1, 0.15) is 0 Å². The van der Waals surface area contributed by atoms with Crippen molar-refractivity contribution >= 4 is 0 Å². The van der Waals surface area contributed by atoms with Crippen molar-refractivity contribution in [1.82, 2.24) is 0 Å². The molecule has 2 aromatic rings. The van der Waals surface area contributed by atoms with Gasteiger partial charge in [0.05, 0.1) is 5.48 Å². The molecule has 0 spiro atoms. The quantitative estimate of drug-likeness (QED) is 0.533. The number of hydrogen-bond donors (Lipinski definition) is 0. The molecule has 0 bridgehead atoms. The zero-order chi connectivity index (χ0) is 20.3. The number of benzene rings is 2. The average molecular weight is 325 g/mol. The lowest BCUT2D eigenvalue weighted by Crippen LogP contribution is -2.14. The van der Waals surface area contributed by atoms with E-state index in [0.717, 1.165) is 23.8 Å². The Bertz CT molecular complexity index is 773. The van der Waals surface area contributed by atoms with Gasteiger partial charge in [-0.15, -0.1) is 0 Å². The molecule has 3 rings (SSSR count). The molecule has 0 atom stereocenters. The summed E-state index contributed by atoms with van der Waals surface area (Å²) in [4.78, 5) is 0. The van der Waals surface area contributed by atoms with E-state index in [-0.39, 0.29) is 24.2 Å². The molecule has 0 aliphatic heterocycles. The molecule has 128 valence electrons. The molecule has 24 heavy (non-hydrogen) atoms. The van der Waals surface area contributed by atoms with Crippen LogP contribution in [0.1, 0.15) is 69.0 Å². The Morgan fingerprint density at radius 3 is 2.00 bits per heavy atom. The molecule has 1 fully saturated rings. The van der Waals surface area contributed by atoms with Crippen molar-refractivity contribution < 1.29 is 5.48 Å². The first-order chi connectivity index (χ1) is 13.5. The van der Waals surface area contributed by atoms with Crippen LogP contribution in [0.25, 0.3) is 11.1 Å². The topological polar surface area (TPSA) is 0 Å². The van der Waals surface area contributed by atoms with Gasteiger partial charge in [0, 0.05) is 0 Å². The number of hydrogen-bond acceptors (Lipinski definition) is 0. The highest BCUT2D eigenvalue weighted by Crippen LogP contribution is 2.33. The second-order valence-corrected chi connectivity index (χ2v) is 7.24. The highest BCUT2D eigenvalue weighted by Gasteiger charge is 2.19. The molecule has 1 aliphatic rings. The molecule has 0 N–H and O–H groups in total. The summed E-state index contributed by atoms with van der Waals surface area (Å²) in [5.41, 5.74) is 2.97. The summed E-state index contributed by atoms with van der Waals surface area (Å²) in [6.45, 7) is 4.17. The summed E-state index contributed by atoms with van der Waals surface area (Å²) < 4.78 is 33.0. The van der Waals surface area contributed by atoms with Gasteiger partial charge in [-0.1, -0.05) is 94.4 Å². The molecular weight excluding hydrogens is 288 g/mol. The van der Waals surface area contributed by atoms with Gasteiger partial charge in [-0.05, 0) is 53.4 Å². The first kappa shape index (κ1) is 12.8. The largest absolute Gasteiger partial charge is 0.0651 e. The molecule has 0 amide bonds. The summed E-state index contributed by atoms with van der Waals surface area (Å²) in [5, 5.41) is 0. The lowest BCUT2D eigenvalue weighted by Gasteiger charge is -2.27. The maximum Gasteiger partial charge on any atom is 0.0629 e. The van der Waals surface area contributed by atoms with Crippen LogP contribution in [0.3, 0.4) is 0 Å². The van der Waals surface area contributed by atoms with Gasteiger partial charge < -0.3 is 0 Å². The summed E-state index contributed by atoms with van der Waals surface area (Å²) in [6, 6.07) is 8.41. The van der Waals surface area contributed by atoms with E-state index in [0.29, 0.717) is 17.5 Å². The molecule has 0 saturated heterocycles. The molecule has 0 nitrogen and oxygen atoms in total. The highest BCUT2D eigenvalue weighted by molar-refractivity contribution is 5.63. The van der Waals surface area contributed by atoms with Crippen LogP contribution in [0.2, 0.25) is 0 Å². The first-order valence-corrected chi connectivity index (χ1v) is 9.64. The highest BCUT2D eigenvalue weighted by atomic mass is 14.2. The van der Waals surface area contributed by atoms with Crippen molar-refractivity contribution in [3.8, 4) is 11.1 Å². The Morgan fingerprint density at radius 2 is 1.42 bits per heavy atom. The summed E-state index contributed by atoms with van der Waals surface area (Å²) >= 11 is 0. The molecule has 1 saturated carbocycles. The van der Waals surface area contributed by atoms with E-state index in [1.165, 1.54) is 44.1 Å². The second kappa shape index (κ2) is 8.51. The van der Waals surface area contributed by atoms with Gasteiger partial charge in [-0.25, -0.2) is 0 Å². The second-order valence-electron chi connectivity index (χ2n) is 7.24. The molecule has 0 heteroatoms. The Labute approximate surface area is 153 Å².